The Morgan fingerprint density at radius 3 is 2.53 bits per heavy atom. The SMILES string of the molecule is NC(=O)CNC(=O)c1cc(F)cc(-c2cccc3cc(Cc4cc(F)cc(Cl)c4)sc23)c1. The van der Waals surface area contributed by atoms with Crippen molar-refractivity contribution in [1.82, 2.24) is 5.32 Å². The predicted octanol–water partition coefficient (Wildman–Crippen LogP) is 5.31. The maximum atomic E-state index is 14.3. The molecule has 162 valence electrons. The summed E-state index contributed by atoms with van der Waals surface area (Å²) >= 11 is 7.47. The largest absolute Gasteiger partial charge is 0.368 e. The third kappa shape index (κ3) is 4.95. The van der Waals surface area contributed by atoms with Crippen LogP contribution in [-0.2, 0) is 11.2 Å². The number of carbonyl (C=O) groups excluding carboxylic acids is 2. The quantitative estimate of drug-likeness (QED) is 0.401. The first kappa shape index (κ1) is 21.9. The topological polar surface area (TPSA) is 72.2 Å². The Bertz CT molecular complexity index is 1330. The Hall–Kier alpha value is -3.29. The van der Waals surface area contributed by atoms with E-state index in [9.17, 15) is 18.4 Å². The summed E-state index contributed by atoms with van der Waals surface area (Å²) in [5.74, 6) is -2.25. The first-order valence-electron chi connectivity index (χ1n) is 9.62. The Kier molecular flexibility index (Phi) is 6.21. The molecule has 0 radical (unpaired) electrons. The van der Waals surface area contributed by atoms with Crippen molar-refractivity contribution in [2.24, 2.45) is 5.73 Å². The van der Waals surface area contributed by atoms with Crippen molar-refractivity contribution in [3.05, 3.63) is 93.3 Å². The van der Waals surface area contributed by atoms with Gasteiger partial charge in [-0.3, -0.25) is 9.59 Å². The standard InChI is InChI=1S/C24H17ClF2N2O2S/c25-17-4-13(5-18(26)11-17)6-20-10-14-2-1-3-21(23(14)32-20)15-7-16(9-19(27)8-15)24(31)29-12-22(28)30/h1-5,7-11H,6,12H2,(H2,28,30)(H,29,31). The zero-order valence-electron chi connectivity index (χ0n) is 16.6. The minimum Gasteiger partial charge on any atom is -0.368 e. The third-order valence-corrected chi connectivity index (χ3v) is 6.19. The monoisotopic (exact) mass is 470 g/mol. The van der Waals surface area contributed by atoms with E-state index < -0.39 is 23.4 Å². The van der Waals surface area contributed by atoms with Gasteiger partial charge in [0.25, 0.3) is 5.91 Å². The predicted molar refractivity (Wildman–Crippen MR) is 123 cm³/mol. The molecule has 0 aliphatic heterocycles. The lowest BCUT2D eigenvalue weighted by Gasteiger charge is -2.08. The lowest BCUT2D eigenvalue weighted by molar-refractivity contribution is -0.117. The number of hydrogen-bond acceptors (Lipinski definition) is 3. The lowest BCUT2D eigenvalue weighted by Crippen LogP contribution is -2.33. The fourth-order valence-corrected chi connectivity index (χ4v) is 4.96. The fourth-order valence-electron chi connectivity index (χ4n) is 3.49. The Balaban J connectivity index is 1.70. The van der Waals surface area contributed by atoms with Gasteiger partial charge in [-0.05, 0) is 64.5 Å². The smallest absolute Gasteiger partial charge is 0.251 e. The first-order chi connectivity index (χ1) is 15.3. The van der Waals surface area contributed by atoms with Crippen molar-refractivity contribution in [2.45, 2.75) is 6.42 Å². The van der Waals surface area contributed by atoms with Crippen molar-refractivity contribution >= 4 is 44.8 Å². The van der Waals surface area contributed by atoms with Crippen LogP contribution in [-0.4, -0.2) is 18.4 Å². The highest BCUT2D eigenvalue weighted by Crippen LogP contribution is 2.36. The minimum atomic E-state index is -0.689. The number of hydrogen-bond donors (Lipinski definition) is 2. The molecule has 1 heterocycles. The van der Waals surface area contributed by atoms with Gasteiger partial charge in [-0.1, -0.05) is 29.8 Å². The zero-order chi connectivity index (χ0) is 22.8. The normalized spacial score (nSPS) is 11.0. The number of amides is 2. The summed E-state index contributed by atoms with van der Waals surface area (Å²) in [4.78, 5) is 24.2. The maximum Gasteiger partial charge on any atom is 0.251 e. The van der Waals surface area contributed by atoms with Crippen LogP contribution < -0.4 is 11.1 Å². The molecule has 0 saturated heterocycles. The molecule has 0 unspecified atom stereocenters. The summed E-state index contributed by atoms with van der Waals surface area (Å²) in [6.45, 7) is -0.335. The summed E-state index contributed by atoms with van der Waals surface area (Å²) in [6, 6.07) is 16.1. The second kappa shape index (κ2) is 9.06. The van der Waals surface area contributed by atoms with Crippen molar-refractivity contribution in [3.63, 3.8) is 0 Å². The van der Waals surface area contributed by atoms with Crippen molar-refractivity contribution in [2.75, 3.05) is 6.54 Å². The number of nitrogens with one attached hydrogen (secondary N) is 1. The van der Waals surface area contributed by atoms with Gasteiger partial charge >= 0.3 is 0 Å². The molecule has 0 saturated carbocycles. The number of carbonyl (C=O) groups is 2. The van der Waals surface area contributed by atoms with Crippen LogP contribution in [0.15, 0.2) is 60.7 Å². The highest BCUT2D eigenvalue weighted by Gasteiger charge is 2.14. The summed E-state index contributed by atoms with van der Waals surface area (Å²) in [5.41, 5.74) is 7.18. The Morgan fingerprint density at radius 1 is 1.00 bits per heavy atom. The number of rotatable bonds is 6. The van der Waals surface area contributed by atoms with Crippen molar-refractivity contribution in [3.8, 4) is 11.1 Å². The van der Waals surface area contributed by atoms with Gasteiger partial charge in [0.1, 0.15) is 11.6 Å². The zero-order valence-corrected chi connectivity index (χ0v) is 18.2. The van der Waals surface area contributed by atoms with Crippen LogP contribution in [0.1, 0.15) is 20.8 Å². The maximum absolute atomic E-state index is 14.3. The molecule has 0 atom stereocenters. The van der Waals surface area contributed by atoms with Gasteiger partial charge in [-0.15, -0.1) is 11.3 Å². The van der Waals surface area contributed by atoms with Crippen LogP contribution >= 0.6 is 22.9 Å². The summed E-state index contributed by atoms with van der Waals surface area (Å²) < 4.78 is 28.9. The number of benzene rings is 3. The average Bonchev–Trinajstić information content (AvgIpc) is 3.13. The molecule has 3 N–H and O–H groups in total. The molecular weight excluding hydrogens is 454 g/mol. The van der Waals surface area contributed by atoms with Crippen molar-refractivity contribution in [1.29, 1.82) is 0 Å². The van der Waals surface area contributed by atoms with E-state index in [1.807, 2.05) is 24.3 Å². The van der Waals surface area contributed by atoms with Crippen LogP contribution in [0.4, 0.5) is 8.78 Å². The molecule has 4 aromatic rings. The molecule has 1 aromatic heterocycles. The molecule has 8 heteroatoms. The average molecular weight is 471 g/mol. The number of halogens is 3. The number of primary amides is 1. The molecular formula is C24H17ClF2N2O2S. The van der Waals surface area contributed by atoms with Gasteiger partial charge in [-0.2, -0.15) is 0 Å². The third-order valence-electron chi connectivity index (χ3n) is 4.79. The molecule has 32 heavy (non-hydrogen) atoms. The lowest BCUT2D eigenvalue weighted by atomic mass is 10.0. The molecule has 0 spiro atoms. The van der Waals surface area contributed by atoms with Gasteiger partial charge in [0.2, 0.25) is 5.91 Å². The number of thiophene rings is 1. The van der Waals surface area contributed by atoms with E-state index >= 15 is 0 Å². The van der Waals surface area contributed by atoms with E-state index in [1.165, 1.54) is 29.5 Å². The highest BCUT2D eigenvalue weighted by atomic mass is 35.5. The molecule has 4 rings (SSSR count). The second-order valence-electron chi connectivity index (χ2n) is 7.27. The van der Waals surface area contributed by atoms with E-state index in [-0.39, 0.29) is 12.1 Å². The van der Waals surface area contributed by atoms with E-state index in [2.05, 4.69) is 5.32 Å². The molecule has 3 aromatic carbocycles. The van der Waals surface area contributed by atoms with Crippen LogP contribution in [0.5, 0.6) is 0 Å². The summed E-state index contributed by atoms with van der Waals surface area (Å²) in [7, 11) is 0. The van der Waals surface area contributed by atoms with E-state index in [0.29, 0.717) is 17.0 Å². The van der Waals surface area contributed by atoms with Crippen LogP contribution in [0.25, 0.3) is 21.2 Å². The summed E-state index contributed by atoms with van der Waals surface area (Å²) in [5, 5.41) is 3.65. The minimum absolute atomic E-state index is 0.0874. The molecule has 0 aliphatic carbocycles. The first-order valence-corrected chi connectivity index (χ1v) is 10.8. The number of nitrogens with two attached hydrogens (primary N) is 1. The number of fused-ring (bicyclic) bond motifs is 1. The van der Waals surface area contributed by atoms with Crippen LogP contribution in [0, 0.1) is 11.6 Å². The van der Waals surface area contributed by atoms with E-state index in [1.54, 1.807) is 12.1 Å². The Morgan fingerprint density at radius 2 is 1.78 bits per heavy atom. The van der Waals surface area contributed by atoms with Gasteiger partial charge in [-0.25, -0.2) is 8.78 Å². The highest BCUT2D eigenvalue weighted by molar-refractivity contribution is 7.19. The molecule has 0 aliphatic rings. The van der Waals surface area contributed by atoms with Gasteiger partial charge < -0.3 is 11.1 Å². The Labute approximate surface area is 191 Å². The van der Waals surface area contributed by atoms with Gasteiger partial charge in [0, 0.05) is 26.6 Å². The van der Waals surface area contributed by atoms with Crippen LogP contribution in [0.3, 0.4) is 0 Å². The van der Waals surface area contributed by atoms with Crippen LogP contribution in [0.2, 0.25) is 5.02 Å². The van der Waals surface area contributed by atoms with Gasteiger partial charge in [0.05, 0.1) is 6.54 Å². The molecule has 0 fully saturated rings. The van der Waals surface area contributed by atoms with E-state index in [4.69, 9.17) is 17.3 Å². The molecule has 2 amide bonds. The van der Waals surface area contributed by atoms with Crippen molar-refractivity contribution < 1.29 is 18.4 Å². The molecule has 0 bridgehead atoms. The molecule has 4 nitrogen and oxygen atoms in total. The summed E-state index contributed by atoms with van der Waals surface area (Å²) in [6.07, 6.45) is 0.500. The van der Waals surface area contributed by atoms with E-state index in [0.717, 1.165) is 32.2 Å². The fraction of sp³-hybridized carbons (Fsp3) is 0.0833. The second-order valence-corrected chi connectivity index (χ2v) is 8.84. The van der Waals surface area contributed by atoms with Gasteiger partial charge in [0.15, 0.2) is 0 Å².